The molecule has 0 bridgehead atoms. The van der Waals surface area contributed by atoms with E-state index in [1.807, 2.05) is 0 Å². The quantitative estimate of drug-likeness (QED) is 0.493. The van der Waals surface area contributed by atoms with E-state index in [4.69, 9.17) is 0 Å². The Labute approximate surface area is 173 Å². The Morgan fingerprint density at radius 1 is 1.19 bits per heavy atom. The Hall–Kier alpha value is -2.98. The number of hydrogen-bond donors (Lipinski definition) is 1. The maximum atomic E-state index is 14.8. The van der Waals surface area contributed by atoms with Crippen LogP contribution in [0.3, 0.4) is 0 Å². The molecule has 0 fully saturated rings. The van der Waals surface area contributed by atoms with Gasteiger partial charge < -0.3 is 10.2 Å². The zero-order valence-corrected chi connectivity index (χ0v) is 16.2. The molecule has 11 heteroatoms. The largest absolute Gasteiger partial charge is 0.419 e. The van der Waals surface area contributed by atoms with Crippen LogP contribution in [0.4, 0.5) is 36.8 Å². The normalized spacial score (nSPS) is 18.3. The number of hydrogen-bond acceptors (Lipinski definition) is 2. The lowest BCUT2D eigenvalue weighted by atomic mass is 10.00. The number of anilines is 1. The zero-order valence-electron chi connectivity index (χ0n) is 16.2. The molecule has 0 radical (unpaired) electrons. The first-order chi connectivity index (χ1) is 14.5. The summed E-state index contributed by atoms with van der Waals surface area (Å²) in [5.41, 5.74) is -0.664. The number of aromatic nitrogens is 2. The van der Waals surface area contributed by atoms with E-state index in [1.54, 1.807) is 0 Å². The van der Waals surface area contributed by atoms with Crippen molar-refractivity contribution in [2.24, 2.45) is 0 Å². The van der Waals surface area contributed by atoms with E-state index in [1.165, 1.54) is 9.58 Å². The van der Waals surface area contributed by atoms with Crippen molar-refractivity contribution in [3.63, 3.8) is 0 Å². The highest BCUT2D eigenvalue weighted by Gasteiger charge is 2.43. The van der Waals surface area contributed by atoms with Gasteiger partial charge in [-0.05, 0) is 24.6 Å². The fourth-order valence-corrected chi connectivity index (χ4v) is 3.89. The lowest BCUT2D eigenvalue weighted by molar-refractivity contribution is -0.139. The number of carbonyl (C=O) groups excluding carboxylic acids is 1. The van der Waals surface area contributed by atoms with Gasteiger partial charge in [-0.3, -0.25) is 4.68 Å². The second-order valence-corrected chi connectivity index (χ2v) is 7.68. The fraction of sp³-hybridized carbons (Fsp3) is 0.400. The van der Waals surface area contributed by atoms with E-state index in [0.717, 1.165) is 6.07 Å². The Morgan fingerprint density at radius 2 is 1.94 bits per heavy atom. The van der Waals surface area contributed by atoms with Crippen LogP contribution < -0.4 is 5.32 Å². The topological polar surface area (TPSA) is 50.2 Å². The molecule has 31 heavy (non-hydrogen) atoms. The summed E-state index contributed by atoms with van der Waals surface area (Å²) < 4.78 is 82.9. The molecule has 1 aromatic heterocycles. The minimum atomic E-state index is -4.92. The van der Waals surface area contributed by atoms with Crippen molar-refractivity contribution in [3.05, 3.63) is 58.7 Å². The number of alkyl halides is 5. The van der Waals surface area contributed by atoms with Crippen molar-refractivity contribution in [3.8, 4) is 0 Å². The van der Waals surface area contributed by atoms with Crippen LogP contribution in [0.15, 0.2) is 30.4 Å². The molecular weight excluding hydrogens is 426 g/mol. The molecule has 3 heterocycles. The van der Waals surface area contributed by atoms with Crippen LogP contribution in [0.2, 0.25) is 0 Å². The first-order valence-electron chi connectivity index (χ1n) is 9.52. The summed E-state index contributed by atoms with van der Waals surface area (Å²) in [6, 6.07) is 1.34. The van der Waals surface area contributed by atoms with Crippen molar-refractivity contribution < 1.29 is 31.1 Å². The highest BCUT2D eigenvalue weighted by Crippen LogP contribution is 2.41. The van der Waals surface area contributed by atoms with Gasteiger partial charge >= 0.3 is 12.2 Å². The SMILES string of the molecule is C=C1CCC(F)(F)c2c3c(nn2C1)CCN(C(=O)Nc1ccc(F)c(C(F)(F)F)c1)C3. The number of carbonyl (C=O) groups is 1. The van der Waals surface area contributed by atoms with Gasteiger partial charge in [0, 0.05) is 30.6 Å². The van der Waals surface area contributed by atoms with Crippen LogP contribution in [0, 0.1) is 5.82 Å². The lowest BCUT2D eigenvalue weighted by Gasteiger charge is -2.28. The Kier molecular flexibility index (Phi) is 5.01. The molecule has 0 saturated carbocycles. The lowest BCUT2D eigenvalue weighted by Crippen LogP contribution is -2.39. The van der Waals surface area contributed by atoms with Crippen molar-refractivity contribution in [1.82, 2.24) is 14.7 Å². The molecule has 0 aliphatic carbocycles. The fourth-order valence-electron chi connectivity index (χ4n) is 3.89. The monoisotopic (exact) mass is 444 g/mol. The highest BCUT2D eigenvalue weighted by atomic mass is 19.4. The summed E-state index contributed by atoms with van der Waals surface area (Å²) in [5, 5.41) is 6.56. The summed E-state index contributed by atoms with van der Waals surface area (Å²) in [6.07, 6.45) is -4.95. The predicted octanol–water partition coefficient (Wildman–Crippen LogP) is 5.07. The predicted molar refractivity (Wildman–Crippen MR) is 99.0 cm³/mol. The van der Waals surface area contributed by atoms with Crippen LogP contribution in [0.1, 0.15) is 35.4 Å². The van der Waals surface area contributed by atoms with Gasteiger partial charge in [0.2, 0.25) is 0 Å². The molecule has 1 N–H and O–H groups in total. The van der Waals surface area contributed by atoms with Gasteiger partial charge in [-0.2, -0.15) is 27.1 Å². The Morgan fingerprint density at radius 3 is 2.65 bits per heavy atom. The molecule has 4 rings (SSSR count). The van der Waals surface area contributed by atoms with Crippen molar-refractivity contribution in [2.75, 3.05) is 11.9 Å². The molecule has 2 amide bonds. The first-order valence-corrected chi connectivity index (χ1v) is 9.52. The van der Waals surface area contributed by atoms with Crippen molar-refractivity contribution >= 4 is 11.7 Å². The Balaban J connectivity index is 1.57. The molecule has 0 unspecified atom stereocenters. The molecule has 0 spiro atoms. The smallest absolute Gasteiger partial charge is 0.320 e. The summed E-state index contributed by atoms with van der Waals surface area (Å²) in [7, 11) is 0. The summed E-state index contributed by atoms with van der Waals surface area (Å²) in [6.45, 7) is 3.94. The first kappa shape index (κ1) is 21.3. The van der Waals surface area contributed by atoms with Crippen LogP contribution in [0.25, 0.3) is 0 Å². The third-order valence-electron chi connectivity index (χ3n) is 5.42. The Bertz CT molecular complexity index is 1060. The van der Waals surface area contributed by atoms with Gasteiger partial charge in [-0.15, -0.1) is 0 Å². The molecule has 2 aliphatic heterocycles. The number of benzene rings is 1. The molecule has 0 atom stereocenters. The van der Waals surface area contributed by atoms with E-state index < -0.39 is 35.9 Å². The second kappa shape index (κ2) is 7.31. The maximum absolute atomic E-state index is 14.8. The molecular formula is C20H18F6N4O. The van der Waals surface area contributed by atoms with E-state index in [9.17, 15) is 31.1 Å². The van der Waals surface area contributed by atoms with Gasteiger partial charge in [0.05, 0.1) is 24.3 Å². The number of fused-ring (bicyclic) bond motifs is 3. The molecule has 166 valence electrons. The summed E-state index contributed by atoms with van der Waals surface area (Å²) in [5.74, 6) is -4.60. The number of halogens is 6. The van der Waals surface area contributed by atoms with Gasteiger partial charge in [0.1, 0.15) is 11.5 Å². The maximum Gasteiger partial charge on any atom is 0.419 e. The minimum Gasteiger partial charge on any atom is -0.320 e. The van der Waals surface area contributed by atoms with Crippen LogP contribution >= 0.6 is 0 Å². The standard InChI is InChI=1S/C20H18F6N4O/c1-11-4-6-19(22,23)17-13-10-29(7-5-16(13)28-30(17)9-11)18(31)27-12-2-3-15(21)14(8-12)20(24,25)26/h2-3,8H,1,4-7,9-10H2,(H,27,31). The van der Waals surface area contributed by atoms with Crippen LogP contribution in [-0.2, 0) is 31.6 Å². The molecule has 2 aliphatic rings. The van der Waals surface area contributed by atoms with E-state index in [0.29, 0.717) is 23.4 Å². The molecule has 1 aromatic carbocycles. The van der Waals surface area contributed by atoms with Crippen LogP contribution in [0.5, 0.6) is 0 Å². The van der Waals surface area contributed by atoms with Gasteiger partial charge in [0.15, 0.2) is 0 Å². The molecule has 5 nitrogen and oxygen atoms in total. The number of nitrogens with zero attached hydrogens (tertiary/aromatic N) is 3. The number of nitrogens with one attached hydrogen (secondary N) is 1. The van der Waals surface area contributed by atoms with E-state index in [-0.39, 0.29) is 49.4 Å². The van der Waals surface area contributed by atoms with Crippen LogP contribution in [-0.4, -0.2) is 27.3 Å². The second-order valence-electron chi connectivity index (χ2n) is 7.68. The minimum absolute atomic E-state index is 0.148. The summed E-state index contributed by atoms with van der Waals surface area (Å²) >= 11 is 0. The average molecular weight is 444 g/mol. The van der Waals surface area contributed by atoms with E-state index in [2.05, 4.69) is 17.0 Å². The van der Waals surface area contributed by atoms with Gasteiger partial charge in [0.25, 0.3) is 5.92 Å². The molecule has 0 saturated heterocycles. The molecule has 2 aromatic rings. The zero-order chi connectivity index (χ0) is 22.6. The highest BCUT2D eigenvalue weighted by molar-refractivity contribution is 5.89. The van der Waals surface area contributed by atoms with Crippen molar-refractivity contribution in [2.45, 2.75) is 44.5 Å². The number of allylic oxidation sites excluding steroid dienone is 1. The average Bonchev–Trinajstić information content (AvgIpc) is 2.99. The van der Waals surface area contributed by atoms with E-state index >= 15 is 0 Å². The van der Waals surface area contributed by atoms with Gasteiger partial charge in [-0.1, -0.05) is 12.2 Å². The summed E-state index contributed by atoms with van der Waals surface area (Å²) in [4.78, 5) is 13.8. The van der Waals surface area contributed by atoms with Gasteiger partial charge in [-0.25, -0.2) is 9.18 Å². The third-order valence-corrected chi connectivity index (χ3v) is 5.42. The number of amides is 2. The number of rotatable bonds is 1. The van der Waals surface area contributed by atoms with Crippen molar-refractivity contribution in [1.29, 1.82) is 0 Å². The number of urea groups is 1. The third kappa shape index (κ3) is 4.00.